The Morgan fingerprint density at radius 1 is 1.41 bits per heavy atom. The summed E-state index contributed by atoms with van der Waals surface area (Å²) in [6, 6.07) is 5.46. The van der Waals surface area contributed by atoms with Gasteiger partial charge < -0.3 is 9.76 Å². The van der Waals surface area contributed by atoms with Crippen molar-refractivity contribution in [3.8, 4) is 6.07 Å². The Morgan fingerprint density at radius 3 is 2.59 bits per heavy atom. The van der Waals surface area contributed by atoms with Gasteiger partial charge in [0.15, 0.2) is 0 Å². The highest BCUT2D eigenvalue weighted by atomic mass is 16.5. The predicted octanol–water partition coefficient (Wildman–Crippen LogP) is 0.764. The van der Waals surface area contributed by atoms with E-state index in [0.29, 0.717) is 11.2 Å². The van der Waals surface area contributed by atoms with Crippen LogP contribution in [0.5, 0.6) is 0 Å². The van der Waals surface area contributed by atoms with Crippen LogP contribution in [0, 0.1) is 11.3 Å². The van der Waals surface area contributed by atoms with Crippen LogP contribution in [0.25, 0.3) is 0 Å². The van der Waals surface area contributed by atoms with Crippen molar-refractivity contribution in [3.63, 3.8) is 0 Å². The fraction of sp³-hybridized carbons (Fsp3) is 0.500. The zero-order valence-corrected chi connectivity index (χ0v) is 10.6. The zero-order valence-electron chi connectivity index (χ0n) is 10.6. The third-order valence-corrected chi connectivity index (χ3v) is 2.90. The van der Waals surface area contributed by atoms with Crippen molar-refractivity contribution >= 4 is 12.9 Å². The molecule has 1 rings (SSSR count). The second-order valence-corrected chi connectivity index (χ2v) is 4.86. The molecule has 0 fully saturated rings. The predicted molar refractivity (Wildman–Crippen MR) is 65.8 cm³/mol. The van der Waals surface area contributed by atoms with Crippen LogP contribution in [0.4, 0.5) is 0 Å². The molecule has 0 aliphatic carbocycles. The molecule has 0 spiro atoms. The van der Waals surface area contributed by atoms with Crippen molar-refractivity contribution < 1.29 is 9.76 Å². The van der Waals surface area contributed by atoms with E-state index < -0.39 is 11.2 Å². The number of rotatable bonds is 4. The molecular weight excluding hydrogens is 215 g/mol. The summed E-state index contributed by atoms with van der Waals surface area (Å²) < 4.78 is 5.56. The van der Waals surface area contributed by atoms with Crippen molar-refractivity contribution in [1.82, 2.24) is 4.98 Å². The lowest BCUT2D eigenvalue weighted by molar-refractivity contribution is -0.0893. The summed E-state index contributed by atoms with van der Waals surface area (Å²) in [6.45, 7) is 6.92. The molecule has 90 valence electrons. The molecule has 1 aromatic heterocycles. The van der Waals surface area contributed by atoms with E-state index in [4.69, 9.17) is 9.92 Å². The van der Waals surface area contributed by atoms with Gasteiger partial charge in [0.2, 0.25) is 0 Å². The maximum atomic E-state index is 9.92. The van der Waals surface area contributed by atoms with E-state index in [9.17, 15) is 5.11 Å². The van der Waals surface area contributed by atoms with Gasteiger partial charge in [-0.25, -0.2) is 10.4 Å². The van der Waals surface area contributed by atoms with Crippen LogP contribution in [0.15, 0.2) is 18.3 Å². The van der Waals surface area contributed by atoms with Gasteiger partial charge in [0, 0.05) is 11.8 Å². The Balaban J connectivity index is 2.78. The van der Waals surface area contributed by atoms with Gasteiger partial charge in [-0.2, -0.15) is 5.26 Å². The Labute approximate surface area is 103 Å². The van der Waals surface area contributed by atoms with Gasteiger partial charge in [-0.15, -0.1) is 7.48 Å². The lowest BCUT2D eigenvalue weighted by Crippen LogP contribution is -2.49. The molecule has 0 aliphatic heterocycles. The van der Waals surface area contributed by atoms with Crippen LogP contribution < -0.4 is 5.46 Å². The largest absolute Gasteiger partial charge is 0.649 e. The summed E-state index contributed by atoms with van der Waals surface area (Å²) >= 11 is 0. The summed E-state index contributed by atoms with van der Waals surface area (Å²) in [5.41, 5.74) is -0.833. The number of nitriles is 1. The minimum absolute atomic E-state index is 0.305. The summed E-state index contributed by atoms with van der Waals surface area (Å²) in [5, 5.41) is 18.8. The molecule has 5 heteroatoms. The summed E-state index contributed by atoms with van der Waals surface area (Å²) in [5.74, 6) is 0. The first-order valence-electron chi connectivity index (χ1n) is 5.36. The Bertz CT molecular complexity index is 433. The summed E-state index contributed by atoms with van der Waals surface area (Å²) in [6.07, 6.45) is 1.55. The normalized spacial score (nSPS) is 12.2. The van der Waals surface area contributed by atoms with Crippen molar-refractivity contribution in [3.05, 3.63) is 24.0 Å². The molecule has 2 radical (unpaired) electrons. The van der Waals surface area contributed by atoms with Gasteiger partial charge in [-0.1, -0.05) is 6.07 Å². The minimum atomic E-state index is -0.988. The van der Waals surface area contributed by atoms with Crippen molar-refractivity contribution in [1.29, 1.82) is 5.26 Å². The number of aliphatic hydroxyl groups is 1. The monoisotopic (exact) mass is 231 g/mol. The van der Waals surface area contributed by atoms with Crippen molar-refractivity contribution in [2.45, 2.75) is 38.9 Å². The summed E-state index contributed by atoms with van der Waals surface area (Å²) in [4.78, 5) is 3.93. The van der Waals surface area contributed by atoms with Crippen LogP contribution in [-0.2, 0) is 4.65 Å². The van der Waals surface area contributed by atoms with Crippen molar-refractivity contribution in [2.24, 2.45) is 0 Å². The SMILES string of the molecule is CC(C)(O)C(C)(C)O[B-]c1cccnc1C#N. The third-order valence-electron chi connectivity index (χ3n) is 2.90. The highest BCUT2D eigenvalue weighted by molar-refractivity contribution is 6.47. The van der Waals surface area contributed by atoms with E-state index in [1.165, 1.54) is 7.48 Å². The van der Waals surface area contributed by atoms with E-state index in [0.717, 1.165) is 0 Å². The second kappa shape index (κ2) is 4.86. The number of aromatic nitrogens is 1. The van der Waals surface area contributed by atoms with Gasteiger partial charge in [0.25, 0.3) is 0 Å². The highest BCUT2D eigenvalue weighted by Gasteiger charge is 2.31. The molecule has 0 amide bonds. The van der Waals surface area contributed by atoms with Crippen LogP contribution >= 0.6 is 0 Å². The lowest BCUT2D eigenvalue weighted by Gasteiger charge is -2.45. The number of hydrogen-bond acceptors (Lipinski definition) is 4. The van der Waals surface area contributed by atoms with Crippen LogP contribution in [-0.4, -0.2) is 28.8 Å². The van der Waals surface area contributed by atoms with E-state index in [1.54, 1.807) is 46.0 Å². The molecule has 0 saturated heterocycles. The van der Waals surface area contributed by atoms with Gasteiger partial charge in [-0.3, -0.25) is 0 Å². The molecule has 4 nitrogen and oxygen atoms in total. The average Bonchev–Trinajstić information content (AvgIpc) is 2.25. The molecule has 0 atom stereocenters. The smallest absolute Gasteiger partial charge is 0.116 e. The van der Waals surface area contributed by atoms with Gasteiger partial charge >= 0.3 is 0 Å². The Hall–Kier alpha value is -1.38. The van der Waals surface area contributed by atoms with Crippen LogP contribution in [0.1, 0.15) is 33.4 Å². The quantitative estimate of drug-likeness (QED) is 0.777. The Kier molecular flexibility index (Phi) is 3.92. The highest BCUT2D eigenvalue weighted by Crippen LogP contribution is 2.24. The standard InChI is InChI=1S/C12H16BN2O2/c1-11(2,16)12(3,4)17-13-9-6-5-7-15-10(9)8-14/h5-7,16H,1-4H3/q-1. The minimum Gasteiger partial charge on any atom is -0.649 e. The first kappa shape index (κ1) is 13.7. The zero-order chi connectivity index (χ0) is 13.1. The summed E-state index contributed by atoms with van der Waals surface area (Å²) in [7, 11) is 1.46. The van der Waals surface area contributed by atoms with Gasteiger partial charge in [0.05, 0.1) is 5.60 Å². The maximum Gasteiger partial charge on any atom is 0.116 e. The van der Waals surface area contributed by atoms with E-state index in [1.807, 2.05) is 6.07 Å². The molecule has 1 N–H and O–H groups in total. The molecule has 0 bridgehead atoms. The molecule has 1 heterocycles. The molecule has 0 aliphatic rings. The van der Waals surface area contributed by atoms with Crippen molar-refractivity contribution in [2.75, 3.05) is 0 Å². The first-order valence-corrected chi connectivity index (χ1v) is 5.36. The third kappa shape index (κ3) is 3.29. The van der Waals surface area contributed by atoms with Gasteiger partial charge in [-0.05, 0) is 33.8 Å². The first-order chi connectivity index (χ1) is 7.78. The fourth-order valence-corrected chi connectivity index (χ4v) is 0.961. The van der Waals surface area contributed by atoms with E-state index in [2.05, 4.69) is 4.98 Å². The number of nitrogens with zero attached hydrogens (tertiary/aromatic N) is 2. The fourth-order valence-electron chi connectivity index (χ4n) is 0.961. The van der Waals surface area contributed by atoms with Crippen LogP contribution in [0.2, 0.25) is 0 Å². The second-order valence-electron chi connectivity index (χ2n) is 4.86. The number of pyridine rings is 1. The lowest BCUT2D eigenvalue weighted by atomic mass is 9.82. The molecule has 0 saturated carbocycles. The average molecular weight is 231 g/mol. The molecule has 1 aromatic rings. The number of hydrogen-bond donors (Lipinski definition) is 1. The topological polar surface area (TPSA) is 66.1 Å². The molecule has 0 aromatic carbocycles. The van der Waals surface area contributed by atoms with E-state index >= 15 is 0 Å². The Morgan fingerprint density at radius 2 is 2.06 bits per heavy atom. The van der Waals surface area contributed by atoms with E-state index in [-0.39, 0.29) is 0 Å². The molecular formula is C12H16BN2O2-. The maximum absolute atomic E-state index is 9.92. The molecule has 17 heavy (non-hydrogen) atoms. The van der Waals surface area contributed by atoms with Crippen LogP contribution in [0.3, 0.4) is 0 Å². The molecule has 0 unspecified atom stereocenters. The van der Waals surface area contributed by atoms with Gasteiger partial charge in [0.1, 0.15) is 11.8 Å².